The first-order valence-electron chi connectivity index (χ1n) is 7.63. The molecule has 2 unspecified atom stereocenters. The van der Waals surface area contributed by atoms with Crippen molar-refractivity contribution in [1.82, 2.24) is 4.90 Å². The van der Waals surface area contributed by atoms with Crippen LogP contribution >= 0.6 is 11.3 Å². The Bertz CT molecular complexity index is 533. The molecule has 0 aliphatic carbocycles. The molecule has 2 aromatic heterocycles. The summed E-state index contributed by atoms with van der Waals surface area (Å²) >= 11 is 1.79. The van der Waals surface area contributed by atoms with E-state index in [1.165, 1.54) is 4.88 Å². The summed E-state index contributed by atoms with van der Waals surface area (Å²) in [5.74, 6) is 1.92. The fourth-order valence-electron chi connectivity index (χ4n) is 2.64. The topological polar surface area (TPSA) is 42.4 Å². The summed E-state index contributed by atoms with van der Waals surface area (Å²) < 4.78 is 5.90. The predicted molar refractivity (Wildman–Crippen MR) is 89.5 cm³/mol. The molecule has 4 heteroatoms. The maximum absolute atomic E-state index is 6.43. The average Bonchev–Trinajstić information content (AvgIpc) is 3.09. The highest BCUT2D eigenvalue weighted by molar-refractivity contribution is 7.09. The monoisotopic (exact) mass is 306 g/mol. The zero-order valence-corrected chi connectivity index (χ0v) is 14.2. The van der Waals surface area contributed by atoms with Gasteiger partial charge in [-0.3, -0.25) is 4.90 Å². The smallest absolute Gasteiger partial charge is 0.122 e. The van der Waals surface area contributed by atoms with Crippen molar-refractivity contribution in [3.63, 3.8) is 0 Å². The Hall–Kier alpha value is -1.10. The van der Waals surface area contributed by atoms with Crippen LogP contribution in [0.15, 0.2) is 34.1 Å². The summed E-state index contributed by atoms with van der Waals surface area (Å²) in [5.41, 5.74) is 6.43. The highest BCUT2D eigenvalue weighted by Gasteiger charge is 2.30. The molecule has 0 bridgehead atoms. The maximum atomic E-state index is 6.43. The molecular formula is C17H26N2OS. The fraction of sp³-hybridized carbons (Fsp3) is 0.529. The maximum Gasteiger partial charge on any atom is 0.122 e. The number of rotatable bonds is 7. The van der Waals surface area contributed by atoms with Gasteiger partial charge in [-0.15, -0.1) is 11.3 Å². The van der Waals surface area contributed by atoms with Crippen LogP contribution in [0, 0.1) is 6.92 Å². The number of aryl methyl sites for hydroxylation is 1. The number of hydrogen-bond acceptors (Lipinski definition) is 4. The van der Waals surface area contributed by atoms with Crippen LogP contribution in [0.3, 0.4) is 0 Å². The van der Waals surface area contributed by atoms with Gasteiger partial charge in [-0.2, -0.15) is 0 Å². The minimum absolute atomic E-state index is 0.0675. The molecule has 0 aromatic carbocycles. The second kappa shape index (κ2) is 7.25. The average molecular weight is 306 g/mol. The number of nitrogens with zero attached hydrogens (tertiary/aromatic N) is 1. The van der Waals surface area contributed by atoms with E-state index < -0.39 is 0 Å². The van der Waals surface area contributed by atoms with E-state index in [0.29, 0.717) is 6.04 Å². The van der Waals surface area contributed by atoms with Gasteiger partial charge in [-0.05, 0) is 50.8 Å². The molecule has 0 saturated heterocycles. The Morgan fingerprint density at radius 2 is 2.05 bits per heavy atom. The largest absolute Gasteiger partial charge is 0.465 e. The van der Waals surface area contributed by atoms with Gasteiger partial charge >= 0.3 is 0 Å². The molecule has 0 saturated carbocycles. The number of thiophene rings is 1. The SMILES string of the molecule is CCC(N)C(c1ccc(C)o1)N(Cc1cccs1)C(C)C. The Kier molecular flexibility index (Phi) is 5.62. The highest BCUT2D eigenvalue weighted by atomic mass is 32.1. The summed E-state index contributed by atoms with van der Waals surface area (Å²) in [6, 6.07) is 8.96. The van der Waals surface area contributed by atoms with Gasteiger partial charge in [0, 0.05) is 23.5 Å². The zero-order valence-electron chi connectivity index (χ0n) is 13.4. The van der Waals surface area contributed by atoms with Crippen molar-refractivity contribution in [1.29, 1.82) is 0 Å². The lowest BCUT2D eigenvalue weighted by molar-refractivity contribution is 0.105. The standard InChI is InChI=1S/C17H26N2OS/c1-5-15(18)17(16-9-8-13(4)20-16)19(12(2)3)11-14-7-6-10-21-14/h6-10,12,15,17H,5,11,18H2,1-4H3. The van der Waals surface area contributed by atoms with Crippen molar-refractivity contribution in [2.24, 2.45) is 5.73 Å². The van der Waals surface area contributed by atoms with Crippen LogP contribution in [0.1, 0.15) is 49.6 Å². The first-order chi connectivity index (χ1) is 10.0. The summed E-state index contributed by atoms with van der Waals surface area (Å²) in [6.45, 7) is 9.47. The second-order valence-electron chi connectivity index (χ2n) is 5.81. The van der Waals surface area contributed by atoms with Crippen molar-refractivity contribution in [3.05, 3.63) is 46.0 Å². The molecule has 0 spiro atoms. The van der Waals surface area contributed by atoms with Crippen LogP contribution < -0.4 is 5.73 Å². The molecule has 0 aliphatic heterocycles. The van der Waals surface area contributed by atoms with E-state index in [4.69, 9.17) is 10.2 Å². The highest BCUT2D eigenvalue weighted by Crippen LogP contribution is 2.30. The van der Waals surface area contributed by atoms with E-state index in [-0.39, 0.29) is 12.1 Å². The minimum atomic E-state index is 0.0675. The molecule has 2 rings (SSSR count). The molecule has 2 atom stereocenters. The van der Waals surface area contributed by atoms with E-state index in [1.54, 1.807) is 11.3 Å². The van der Waals surface area contributed by atoms with Crippen molar-refractivity contribution in [2.75, 3.05) is 0 Å². The van der Waals surface area contributed by atoms with Crippen LogP contribution in [0.2, 0.25) is 0 Å². The molecule has 0 aliphatic rings. The molecule has 21 heavy (non-hydrogen) atoms. The van der Waals surface area contributed by atoms with Crippen LogP contribution in [0.4, 0.5) is 0 Å². The fourth-order valence-corrected chi connectivity index (χ4v) is 3.35. The third-order valence-electron chi connectivity index (χ3n) is 3.87. The van der Waals surface area contributed by atoms with Gasteiger partial charge in [0.2, 0.25) is 0 Å². The van der Waals surface area contributed by atoms with E-state index in [1.807, 2.05) is 13.0 Å². The first-order valence-corrected chi connectivity index (χ1v) is 8.51. The van der Waals surface area contributed by atoms with Crippen LogP contribution in [-0.2, 0) is 6.54 Å². The number of hydrogen-bond donors (Lipinski definition) is 1. The second-order valence-corrected chi connectivity index (χ2v) is 6.84. The van der Waals surface area contributed by atoms with E-state index in [0.717, 1.165) is 24.5 Å². The van der Waals surface area contributed by atoms with E-state index in [9.17, 15) is 0 Å². The van der Waals surface area contributed by atoms with Crippen LogP contribution in [0.25, 0.3) is 0 Å². The molecule has 116 valence electrons. The molecule has 2 aromatic rings. The van der Waals surface area contributed by atoms with Gasteiger partial charge in [0.15, 0.2) is 0 Å². The number of furan rings is 1. The summed E-state index contributed by atoms with van der Waals surface area (Å²) in [6.07, 6.45) is 0.929. The third-order valence-corrected chi connectivity index (χ3v) is 4.73. The van der Waals surface area contributed by atoms with Gasteiger partial charge in [0.25, 0.3) is 0 Å². The molecular weight excluding hydrogens is 280 g/mol. The first kappa shape index (κ1) is 16.3. The van der Waals surface area contributed by atoms with Gasteiger partial charge < -0.3 is 10.2 Å². The Morgan fingerprint density at radius 1 is 1.29 bits per heavy atom. The van der Waals surface area contributed by atoms with Crippen molar-refractivity contribution < 1.29 is 4.42 Å². The van der Waals surface area contributed by atoms with Gasteiger partial charge in [-0.1, -0.05) is 13.0 Å². The van der Waals surface area contributed by atoms with E-state index >= 15 is 0 Å². The molecule has 0 fully saturated rings. The quantitative estimate of drug-likeness (QED) is 0.827. The lowest BCUT2D eigenvalue weighted by atomic mass is 10.0. The molecule has 3 nitrogen and oxygen atoms in total. The minimum Gasteiger partial charge on any atom is -0.465 e. The molecule has 2 N–H and O–H groups in total. The molecule has 0 amide bonds. The summed E-state index contributed by atoms with van der Waals surface area (Å²) in [4.78, 5) is 3.80. The van der Waals surface area contributed by atoms with Crippen molar-refractivity contribution in [2.45, 2.75) is 58.8 Å². The van der Waals surface area contributed by atoms with Crippen LogP contribution in [-0.4, -0.2) is 17.0 Å². The van der Waals surface area contributed by atoms with Crippen LogP contribution in [0.5, 0.6) is 0 Å². The van der Waals surface area contributed by atoms with Crippen molar-refractivity contribution in [3.8, 4) is 0 Å². The third kappa shape index (κ3) is 3.96. The number of nitrogens with two attached hydrogens (primary N) is 1. The lowest BCUT2D eigenvalue weighted by Crippen LogP contribution is -2.43. The molecule has 0 radical (unpaired) electrons. The Balaban J connectivity index is 2.30. The van der Waals surface area contributed by atoms with Gasteiger partial charge in [-0.25, -0.2) is 0 Å². The predicted octanol–water partition coefficient (Wildman–Crippen LogP) is 4.34. The summed E-state index contributed by atoms with van der Waals surface area (Å²) in [7, 11) is 0. The van der Waals surface area contributed by atoms with Gasteiger partial charge in [0.05, 0.1) is 6.04 Å². The van der Waals surface area contributed by atoms with E-state index in [2.05, 4.69) is 49.3 Å². The zero-order chi connectivity index (χ0) is 15.4. The van der Waals surface area contributed by atoms with Gasteiger partial charge in [0.1, 0.15) is 11.5 Å². The molecule has 2 heterocycles. The Morgan fingerprint density at radius 3 is 2.52 bits per heavy atom. The normalized spacial score (nSPS) is 14.8. The summed E-state index contributed by atoms with van der Waals surface area (Å²) in [5, 5.41) is 2.12. The van der Waals surface area contributed by atoms with Crippen molar-refractivity contribution >= 4 is 11.3 Å². The Labute approximate surface area is 131 Å². The lowest BCUT2D eigenvalue weighted by Gasteiger charge is -2.36.